The van der Waals surface area contributed by atoms with Crippen molar-refractivity contribution in [2.45, 2.75) is 38.4 Å². The molecule has 2 unspecified atom stereocenters. The van der Waals surface area contributed by atoms with Gasteiger partial charge in [0.2, 0.25) is 0 Å². The topological polar surface area (TPSA) is 52.7 Å². The lowest BCUT2D eigenvalue weighted by atomic mass is 10.1. The van der Waals surface area contributed by atoms with Crippen LogP contribution in [0.4, 0.5) is 5.69 Å². The second kappa shape index (κ2) is 5.02. The van der Waals surface area contributed by atoms with E-state index in [4.69, 9.17) is 5.73 Å². The maximum absolute atomic E-state index is 9.95. The number of aromatic hydroxyl groups is 1. The van der Waals surface area contributed by atoms with Crippen LogP contribution in [0.2, 0.25) is 0 Å². The maximum atomic E-state index is 9.95. The van der Waals surface area contributed by atoms with Crippen molar-refractivity contribution >= 4 is 5.69 Å². The summed E-state index contributed by atoms with van der Waals surface area (Å²) < 4.78 is 0. The monoisotopic (exact) mass is 261 g/mol. The molecule has 1 aromatic carbocycles. The Hall–Kier alpha value is -1.26. The standard InChI is InChI=1S/C15H23N3O/c1-11-8-17-6-2-3-14(17)10-18(11)9-12-7-13(16)4-5-15(12)19/h4-5,7,11,14,19H,2-3,6,8-10,16H2,1H3. The molecule has 0 bridgehead atoms. The Bertz CT molecular complexity index is 463. The molecule has 0 aromatic heterocycles. The van der Waals surface area contributed by atoms with Crippen molar-refractivity contribution in [1.29, 1.82) is 0 Å². The molecule has 0 radical (unpaired) electrons. The summed E-state index contributed by atoms with van der Waals surface area (Å²) in [7, 11) is 0. The third-order valence-electron chi connectivity index (χ3n) is 4.54. The Labute approximate surface area is 114 Å². The molecule has 2 saturated heterocycles. The maximum Gasteiger partial charge on any atom is 0.120 e. The van der Waals surface area contributed by atoms with E-state index < -0.39 is 0 Å². The predicted molar refractivity (Wildman–Crippen MR) is 77.0 cm³/mol. The number of nitrogen functional groups attached to an aromatic ring is 1. The van der Waals surface area contributed by atoms with Crippen molar-refractivity contribution in [2.24, 2.45) is 0 Å². The Morgan fingerprint density at radius 1 is 1.37 bits per heavy atom. The zero-order valence-electron chi connectivity index (χ0n) is 11.5. The lowest BCUT2D eigenvalue weighted by molar-refractivity contribution is 0.0535. The van der Waals surface area contributed by atoms with E-state index in [0.29, 0.717) is 17.8 Å². The molecule has 104 valence electrons. The molecule has 4 nitrogen and oxygen atoms in total. The highest BCUT2D eigenvalue weighted by molar-refractivity contribution is 5.47. The van der Waals surface area contributed by atoms with Gasteiger partial charge in [0, 0.05) is 43.0 Å². The summed E-state index contributed by atoms with van der Waals surface area (Å²) in [6.45, 7) is 6.58. The number of hydrogen-bond donors (Lipinski definition) is 2. The minimum atomic E-state index is 0.357. The zero-order valence-corrected chi connectivity index (χ0v) is 11.5. The van der Waals surface area contributed by atoms with E-state index in [2.05, 4.69) is 16.7 Å². The summed E-state index contributed by atoms with van der Waals surface area (Å²) in [4.78, 5) is 5.08. The van der Waals surface area contributed by atoms with E-state index in [0.717, 1.165) is 30.9 Å². The van der Waals surface area contributed by atoms with Crippen LogP contribution in [0, 0.1) is 0 Å². The van der Waals surface area contributed by atoms with Gasteiger partial charge in [-0.05, 0) is 44.5 Å². The molecule has 2 atom stereocenters. The van der Waals surface area contributed by atoms with Gasteiger partial charge in [-0.3, -0.25) is 9.80 Å². The van der Waals surface area contributed by atoms with Gasteiger partial charge >= 0.3 is 0 Å². The summed E-state index contributed by atoms with van der Waals surface area (Å²) in [5.74, 6) is 0.357. The molecule has 0 amide bonds. The summed E-state index contributed by atoms with van der Waals surface area (Å²) in [5.41, 5.74) is 7.48. The Morgan fingerprint density at radius 2 is 2.21 bits per heavy atom. The SMILES string of the molecule is CC1CN2CCCC2CN1Cc1cc(N)ccc1O. The molecule has 2 heterocycles. The molecule has 3 N–H and O–H groups in total. The van der Waals surface area contributed by atoms with E-state index in [1.807, 2.05) is 6.07 Å². The summed E-state index contributed by atoms with van der Waals surface area (Å²) >= 11 is 0. The van der Waals surface area contributed by atoms with E-state index in [-0.39, 0.29) is 0 Å². The third kappa shape index (κ3) is 2.55. The average Bonchev–Trinajstić information content (AvgIpc) is 2.81. The number of hydrogen-bond acceptors (Lipinski definition) is 4. The normalized spacial score (nSPS) is 28.5. The van der Waals surface area contributed by atoms with Crippen LogP contribution in [0.15, 0.2) is 18.2 Å². The van der Waals surface area contributed by atoms with Crippen molar-refractivity contribution in [3.05, 3.63) is 23.8 Å². The second-order valence-corrected chi connectivity index (χ2v) is 5.96. The molecule has 4 heteroatoms. The lowest BCUT2D eigenvalue weighted by Crippen LogP contribution is -2.54. The largest absolute Gasteiger partial charge is 0.508 e. The van der Waals surface area contributed by atoms with Crippen LogP contribution in [0.1, 0.15) is 25.3 Å². The third-order valence-corrected chi connectivity index (χ3v) is 4.54. The van der Waals surface area contributed by atoms with Gasteiger partial charge < -0.3 is 10.8 Å². The molecule has 2 fully saturated rings. The number of rotatable bonds is 2. The number of fused-ring (bicyclic) bond motifs is 1. The number of anilines is 1. The first-order valence-corrected chi connectivity index (χ1v) is 7.19. The van der Waals surface area contributed by atoms with Gasteiger partial charge in [-0.1, -0.05) is 0 Å². The molecule has 0 spiro atoms. The molecular formula is C15H23N3O. The Kier molecular flexibility index (Phi) is 3.37. The number of benzene rings is 1. The van der Waals surface area contributed by atoms with Crippen LogP contribution in [-0.2, 0) is 6.54 Å². The Balaban J connectivity index is 1.73. The summed E-state index contributed by atoms with van der Waals surface area (Å²) in [5, 5.41) is 9.95. The molecule has 2 aliphatic heterocycles. The summed E-state index contributed by atoms with van der Waals surface area (Å²) in [6, 6.07) is 6.58. The highest BCUT2D eigenvalue weighted by atomic mass is 16.3. The first-order valence-electron chi connectivity index (χ1n) is 7.19. The molecule has 2 aliphatic rings. The van der Waals surface area contributed by atoms with Crippen LogP contribution in [0.3, 0.4) is 0 Å². The number of phenols is 1. The average molecular weight is 261 g/mol. The molecule has 3 rings (SSSR count). The van der Waals surface area contributed by atoms with E-state index >= 15 is 0 Å². The quantitative estimate of drug-likeness (QED) is 0.628. The van der Waals surface area contributed by atoms with Crippen LogP contribution < -0.4 is 5.73 Å². The lowest BCUT2D eigenvalue weighted by Gasteiger charge is -2.42. The smallest absolute Gasteiger partial charge is 0.120 e. The van der Waals surface area contributed by atoms with Gasteiger partial charge in [0.05, 0.1) is 0 Å². The van der Waals surface area contributed by atoms with E-state index in [9.17, 15) is 5.11 Å². The van der Waals surface area contributed by atoms with Crippen molar-refractivity contribution in [2.75, 3.05) is 25.4 Å². The fourth-order valence-corrected chi connectivity index (χ4v) is 3.42. The van der Waals surface area contributed by atoms with Crippen molar-refractivity contribution < 1.29 is 5.11 Å². The molecular weight excluding hydrogens is 238 g/mol. The number of nitrogens with zero attached hydrogens (tertiary/aromatic N) is 2. The van der Waals surface area contributed by atoms with E-state index in [1.165, 1.54) is 19.4 Å². The summed E-state index contributed by atoms with van der Waals surface area (Å²) in [6.07, 6.45) is 2.64. The minimum absolute atomic E-state index is 0.357. The van der Waals surface area contributed by atoms with Gasteiger partial charge in [-0.25, -0.2) is 0 Å². The van der Waals surface area contributed by atoms with Gasteiger partial charge in [0.25, 0.3) is 0 Å². The zero-order chi connectivity index (χ0) is 13.4. The minimum Gasteiger partial charge on any atom is -0.508 e. The number of nitrogens with two attached hydrogens (primary N) is 1. The molecule has 1 aromatic rings. The van der Waals surface area contributed by atoms with Crippen LogP contribution in [-0.4, -0.2) is 46.6 Å². The first-order chi connectivity index (χ1) is 9.13. The highest BCUT2D eigenvalue weighted by Crippen LogP contribution is 2.28. The highest BCUT2D eigenvalue weighted by Gasteiger charge is 2.34. The Morgan fingerprint density at radius 3 is 3.05 bits per heavy atom. The van der Waals surface area contributed by atoms with Crippen molar-refractivity contribution in [3.8, 4) is 5.75 Å². The van der Waals surface area contributed by atoms with E-state index in [1.54, 1.807) is 12.1 Å². The fourth-order valence-electron chi connectivity index (χ4n) is 3.42. The molecule has 0 aliphatic carbocycles. The fraction of sp³-hybridized carbons (Fsp3) is 0.600. The number of piperazine rings is 1. The van der Waals surface area contributed by atoms with Crippen LogP contribution in [0.5, 0.6) is 5.75 Å². The molecule has 0 saturated carbocycles. The second-order valence-electron chi connectivity index (χ2n) is 5.96. The number of phenolic OH excluding ortho intramolecular Hbond substituents is 1. The van der Waals surface area contributed by atoms with Gasteiger partial charge in [0.1, 0.15) is 5.75 Å². The first kappa shape index (κ1) is 12.8. The van der Waals surface area contributed by atoms with Gasteiger partial charge in [-0.2, -0.15) is 0 Å². The predicted octanol–water partition coefficient (Wildman–Crippen LogP) is 1.64. The van der Waals surface area contributed by atoms with Gasteiger partial charge in [-0.15, -0.1) is 0 Å². The van der Waals surface area contributed by atoms with Gasteiger partial charge in [0.15, 0.2) is 0 Å². The van der Waals surface area contributed by atoms with Crippen molar-refractivity contribution in [3.63, 3.8) is 0 Å². The molecule has 19 heavy (non-hydrogen) atoms. The van der Waals surface area contributed by atoms with Crippen LogP contribution in [0.25, 0.3) is 0 Å². The van der Waals surface area contributed by atoms with Crippen molar-refractivity contribution in [1.82, 2.24) is 9.80 Å². The van der Waals surface area contributed by atoms with Crippen LogP contribution >= 0.6 is 0 Å².